The number of hydrogen-bond donors (Lipinski definition) is 1. The first-order valence-electron chi connectivity index (χ1n) is 6.42. The lowest BCUT2D eigenvalue weighted by Crippen LogP contribution is -2.27. The lowest BCUT2D eigenvalue weighted by molar-refractivity contribution is 0.0636. The van der Waals surface area contributed by atoms with Crippen LogP contribution in [0.3, 0.4) is 0 Å². The van der Waals surface area contributed by atoms with Crippen molar-refractivity contribution in [2.45, 2.75) is 52.6 Å². The van der Waals surface area contributed by atoms with Crippen LogP contribution in [0.5, 0.6) is 0 Å². The van der Waals surface area contributed by atoms with Gasteiger partial charge in [-0.3, -0.25) is 5.32 Å². The standard InChI is InChI=1S/C15H23NO2/c1-6-11(2)12-9-7-8-10-13(12)16-14(17)18-15(3,4)5/h7-11H,6H2,1-5H3,(H,16,17). The molecule has 0 aliphatic carbocycles. The summed E-state index contributed by atoms with van der Waals surface area (Å²) in [7, 11) is 0. The van der Waals surface area contributed by atoms with Crippen molar-refractivity contribution in [2.24, 2.45) is 0 Å². The van der Waals surface area contributed by atoms with Gasteiger partial charge in [0.2, 0.25) is 0 Å². The maximum Gasteiger partial charge on any atom is 0.412 e. The van der Waals surface area contributed by atoms with Crippen molar-refractivity contribution in [3.8, 4) is 0 Å². The van der Waals surface area contributed by atoms with Gasteiger partial charge in [0.05, 0.1) is 0 Å². The summed E-state index contributed by atoms with van der Waals surface area (Å²) in [5, 5.41) is 2.82. The Morgan fingerprint density at radius 1 is 1.33 bits per heavy atom. The predicted molar refractivity (Wildman–Crippen MR) is 75.0 cm³/mol. The minimum Gasteiger partial charge on any atom is -0.444 e. The first kappa shape index (κ1) is 14.6. The number of anilines is 1. The van der Waals surface area contributed by atoms with Crippen LogP contribution in [0.1, 0.15) is 52.5 Å². The van der Waals surface area contributed by atoms with Crippen molar-refractivity contribution >= 4 is 11.8 Å². The zero-order valence-corrected chi connectivity index (χ0v) is 11.9. The Morgan fingerprint density at radius 2 is 1.94 bits per heavy atom. The monoisotopic (exact) mass is 249 g/mol. The van der Waals surface area contributed by atoms with Crippen molar-refractivity contribution in [3.63, 3.8) is 0 Å². The molecule has 1 aromatic carbocycles. The molecule has 1 N–H and O–H groups in total. The van der Waals surface area contributed by atoms with Crippen LogP contribution >= 0.6 is 0 Å². The lowest BCUT2D eigenvalue weighted by Gasteiger charge is -2.21. The third kappa shape index (κ3) is 4.40. The topological polar surface area (TPSA) is 38.3 Å². The quantitative estimate of drug-likeness (QED) is 0.853. The first-order chi connectivity index (χ1) is 8.33. The summed E-state index contributed by atoms with van der Waals surface area (Å²) in [5.74, 6) is 0.413. The summed E-state index contributed by atoms with van der Waals surface area (Å²) in [4.78, 5) is 11.8. The summed E-state index contributed by atoms with van der Waals surface area (Å²) in [6.07, 6.45) is 0.630. The minimum absolute atomic E-state index is 0.404. The van der Waals surface area contributed by atoms with Crippen LogP contribution in [0.25, 0.3) is 0 Å². The third-order valence-corrected chi connectivity index (χ3v) is 2.74. The van der Waals surface area contributed by atoms with Crippen LogP contribution in [-0.2, 0) is 4.74 Å². The third-order valence-electron chi connectivity index (χ3n) is 2.74. The number of rotatable bonds is 3. The molecule has 3 heteroatoms. The second kappa shape index (κ2) is 5.89. The largest absolute Gasteiger partial charge is 0.444 e. The Labute approximate surface area is 110 Å². The van der Waals surface area contributed by atoms with Gasteiger partial charge in [0.25, 0.3) is 0 Å². The highest BCUT2D eigenvalue weighted by Gasteiger charge is 2.17. The molecule has 1 amide bonds. The fraction of sp³-hybridized carbons (Fsp3) is 0.533. The van der Waals surface area contributed by atoms with Gasteiger partial charge in [0, 0.05) is 5.69 Å². The van der Waals surface area contributed by atoms with Crippen LogP contribution in [0.4, 0.5) is 10.5 Å². The van der Waals surface area contributed by atoms with Crippen molar-refractivity contribution in [1.29, 1.82) is 0 Å². The van der Waals surface area contributed by atoms with Gasteiger partial charge in [-0.05, 0) is 44.7 Å². The molecule has 18 heavy (non-hydrogen) atoms. The summed E-state index contributed by atoms with van der Waals surface area (Å²) in [5.41, 5.74) is 1.50. The Balaban J connectivity index is 2.81. The van der Waals surface area contributed by atoms with Crippen LogP contribution in [-0.4, -0.2) is 11.7 Å². The van der Waals surface area contributed by atoms with Gasteiger partial charge < -0.3 is 4.74 Å². The maximum absolute atomic E-state index is 11.8. The molecular weight excluding hydrogens is 226 g/mol. The molecule has 0 aliphatic heterocycles. The Bertz CT molecular complexity index is 407. The van der Waals surface area contributed by atoms with E-state index < -0.39 is 11.7 Å². The van der Waals surface area contributed by atoms with Gasteiger partial charge in [-0.15, -0.1) is 0 Å². The number of hydrogen-bond acceptors (Lipinski definition) is 2. The Hall–Kier alpha value is -1.51. The van der Waals surface area contributed by atoms with Crippen LogP contribution in [0.15, 0.2) is 24.3 Å². The molecule has 0 aromatic heterocycles. The molecule has 0 saturated heterocycles. The van der Waals surface area contributed by atoms with Gasteiger partial charge in [0.15, 0.2) is 0 Å². The summed E-state index contributed by atoms with van der Waals surface area (Å²) in [6, 6.07) is 7.85. The fourth-order valence-corrected chi connectivity index (χ4v) is 1.67. The lowest BCUT2D eigenvalue weighted by atomic mass is 9.97. The van der Waals surface area contributed by atoms with Gasteiger partial charge in [-0.1, -0.05) is 32.0 Å². The number of nitrogens with one attached hydrogen (secondary N) is 1. The molecule has 1 atom stereocenters. The Kier molecular flexibility index (Phi) is 4.76. The SMILES string of the molecule is CCC(C)c1ccccc1NC(=O)OC(C)(C)C. The predicted octanol–water partition coefficient (Wildman–Crippen LogP) is 4.55. The van der Waals surface area contributed by atoms with E-state index >= 15 is 0 Å². The molecule has 1 unspecified atom stereocenters. The number of ether oxygens (including phenoxy) is 1. The van der Waals surface area contributed by atoms with E-state index in [2.05, 4.69) is 19.2 Å². The van der Waals surface area contributed by atoms with Crippen molar-refractivity contribution < 1.29 is 9.53 Å². The number of carbonyl (C=O) groups is 1. The minimum atomic E-state index is -0.477. The fourth-order valence-electron chi connectivity index (χ4n) is 1.67. The van der Waals surface area contributed by atoms with Crippen molar-refractivity contribution in [3.05, 3.63) is 29.8 Å². The normalized spacial score (nSPS) is 12.9. The molecule has 100 valence electrons. The summed E-state index contributed by atoms with van der Waals surface area (Å²) < 4.78 is 5.26. The Morgan fingerprint density at radius 3 is 2.50 bits per heavy atom. The molecule has 0 aliphatic rings. The highest BCUT2D eigenvalue weighted by molar-refractivity contribution is 5.86. The molecule has 3 nitrogen and oxygen atoms in total. The molecule has 1 aromatic rings. The number of amides is 1. The van der Waals surface area contributed by atoms with Gasteiger partial charge in [0.1, 0.15) is 5.60 Å². The highest BCUT2D eigenvalue weighted by Crippen LogP contribution is 2.26. The smallest absolute Gasteiger partial charge is 0.412 e. The zero-order valence-electron chi connectivity index (χ0n) is 11.9. The molecule has 0 spiro atoms. The van der Waals surface area contributed by atoms with E-state index in [1.165, 1.54) is 0 Å². The average molecular weight is 249 g/mol. The zero-order chi connectivity index (χ0) is 13.8. The molecule has 0 bridgehead atoms. The van der Waals surface area contributed by atoms with Crippen LogP contribution < -0.4 is 5.32 Å². The average Bonchev–Trinajstić information content (AvgIpc) is 2.26. The van der Waals surface area contributed by atoms with E-state index in [1.54, 1.807) is 0 Å². The van der Waals surface area contributed by atoms with E-state index in [9.17, 15) is 4.79 Å². The van der Waals surface area contributed by atoms with Crippen molar-refractivity contribution in [1.82, 2.24) is 0 Å². The number of benzene rings is 1. The highest BCUT2D eigenvalue weighted by atomic mass is 16.6. The summed E-state index contributed by atoms with van der Waals surface area (Å²) in [6.45, 7) is 9.85. The van der Waals surface area contributed by atoms with E-state index in [0.29, 0.717) is 5.92 Å². The number of carbonyl (C=O) groups excluding carboxylic acids is 1. The molecule has 0 radical (unpaired) electrons. The number of para-hydroxylation sites is 1. The summed E-state index contributed by atoms with van der Waals surface area (Å²) >= 11 is 0. The van der Waals surface area contributed by atoms with E-state index in [0.717, 1.165) is 17.7 Å². The second-order valence-corrected chi connectivity index (χ2v) is 5.52. The molecule has 1 rings (SSSR count). The van der Waals surface area contributed by atoms with Gasteiger partial charge in [-0.25, -0.2) is 4.79 Å². The van der Waals surface area contributed by atoms with Crippen LogP contribution in [0.2, 0.25) is 0 Å². The molecule has 0 fully saturated rings. The van der Waals surface area contributed by atoms with E-state index in [4.69, 9.17) is 4.74 Å². The molecule has 0 saturated carbocycles. The van der Waals surface area contributed by atoms with Gasteiger partial charge >= 0.3 is 6.09 Å². The van der Waals surface area contributed by atoms with Gasteiger partial charge in [-0.2, -0.15) is 0 Å². The van der Waals surface area contributed by atoms with E-state index in [1.807, 2.05) is 45.0 Å². The molecule has 0 heterocycles. The first-order valence-corrected chi connectivity index (χ1v) is 6.42. The van der Waals surface area contributed by atoms with E-state index in [-0.39, 0.29) is 0 Å². The molecular formula is C15H23NO2. The maximum atomic E-state index is 11.8. The van der Waals surface area contributed by atoms with Crippen LogP contribution in [0, 0.1) is 0 Å². The second-order valence-electron chi connectivity index (χ2n) is 5.52. The van der Waals surface area contributed by atoms with Crippen molar-refractivity contribution in [2.75, 3.05) is 5.32 Å².